The minimum absolute atomic E-state index is 0.00855. The molecule has 7 heteroatoms. The molecule has 0 spiro atoms. The SMILES string of the molecule is O=C(/C=C/c1ccc(N2CCOCC2)cc1)c1ccc(Cl)c([N+](=O)[O-])c1. The number of carbonyl (C=O) groups is 1. The smallest absolute Gasteiger partial charge is 0.288 e. The summed E-state index contributed by atoms with van der Waals surface area (Å²) in [6, 6.07) is 11.9. The number of allylic oxidation sites excluding steroid dienone is 1. The van der Waals surface area contributed by atoms with Gasteiger partial charge in [0, 0.05) is 30.4 Å². The van der Waals surface area contributed by atoms with Crippen molar-refractivity contribution in [1.82, 2.24) is 0 Å². The Bertz CT molecular complexity index is 843. The van der Waals surface area contributed by atoms with Gasteiger partial charge in [-0.1, -0.05) is 29.8 Å². The fraction of sp³-hybridized carbons (Fsp3) is 0.211. The summed E-state index contributed by atoms with van der Waals surface area (Å²) in [5.41, 5.74) is 1.94. The summed E-state index contributed by atoms with van der Waals surface area (Å²) < 4.78 is 5.34. The maximum absolute atomic E-state index is 12.2. The number of benzene rings is 2. The molecule has 1 saturated heterocycles. The minimum atomic E-state index is -0.604. The molecule has 3 rings (SSSR count). The third-order valence-corrected chi connectivity index (χ3v) is 4.44. The molecule has 1 heterocycles. The Morgan fingerprint density at radius 3 is 2.50 bits per heavy atom. The van der Waals surface area contributed by atoms with Gasteiger partial charge in [0.1, 0.15) is 5.02 Å². The molecular formula is C19H17ClN2O4. The first kappa shape index (κ1) is 18.1. The number of nitro groups is 1. The molecule has 0 aliphatic carbocycles. The highest BCUT2D eigenvalue weighted by Crippen LogP contribution is 2.25. The highest BCUT2D eigenvalue weighted by molar-refractivity contribution is 6.32. The predicted molar refractivity (Wildman–Crippen MR) is 101 cm³/mol. The van der Waals surface area contributed by atoms with E-state index in [4.69, 9.17) is 16.3 Å². The maximum Gasteiger partial charge on any atom is 0.288 e. The van der Waals surface area contributed by atoms with E-state index in [-0.39, 0.29) is 22.1 Å². The van der Waals surface area contributed by atoms with Gasteiger partial charge >= 0.3 is 0 Å². The summed E-state index contributed by atoms with van der Waals surface area (Å²) in [6.45, 7) is 3.18. The zero-order chi connectivity index (χ0) is 18.5. The Labute approximate surface area is 155 Å². The van der Waals surface area contributed by atoms with E-state index >= 15 is 0 Å². The van der Waals surface area contributed by atoms with Crippen LogP contribution in [-0.4, -0.2) is 37.0 Å². The second-order valence-electron chi connectivity index (χ2n) is 5.81. The van der Waals surface area contributed by atoms with E-state index in [2.05, 4.69) is 4.90 Å². The normalized spacial score (nSPS) is 14.6. The molecule has 0 unspecified atom stereocenters. The molecule has 1 fully saturated rings. The molecular weight excluding hydrogens is 356 g/mol. The van der Waals surface area contributed by atoms with Gasteiger partial charge in [0.15, 0.2) is 5.78 Å². The lowest BCUT2D eigenvalue weighted by Gasteiger charge is -2.28. The maximum atomic E-state index is 12.2. The van der Waals surface area contributed by atoms with E-state index < -0.39 is 4.92 Å². The largest absolute Gasteiger partial charge is 0.378 e. The van der Waals surface area contributed by atoms with Crippen LogP contribution in [0.3, 0.4) is 0 Å². The summed E-state index contributed by atoms with van der Waals surface area (Å²) >= 11 is 5.76. The number of carbonyl (C=O) groups excluding carboxylic acids is 1. The summed E-state index contributed by atoms with van der Waals surface area (Å²) in [7, 11) is 0. The van der Waals surface area contributed by atoms with Crippen LogP contribution < -0.4 is 4.90 Å². The number of nitro benzene ring substituents is 1. The lowest BCUT2D eigenvalue weighted by atomic mass is 10.1. The fourth-order valence-corrected chi connectivity index (χ4v) is 2.88. The van der Waals surface area contributed by atoms with Crippen molar-refractivity contribution in [2.75, 3.05) is 31.2 Å². The molecule has 1 aliphatic heterocycles. The lowest BCUT2D eigenvalue weighted by Crippen LogP contribution is -2.36. The molecule has 0 atom stereocenters. The average molecular weight is 373 g/mol. The van der Waals surface area contributed by atoms with Gasteiger partial charge in [-0.2, -0.15) is 0 Å². The van der Waals surface area contributed by atoms with Gasteiger partial charge in [-0.05, 0) is 35.9 Å². The average Bonchev–Trinajstić information content (AvgIpc) is 2.67. The van der Waals surface area contributed by atoms with Crippen molar-refractivity contribution in [3.8, 4) is 0 Å². The van der Waals surface area contributed by atoms with E-state index in [1.807, 2.05) is 24.3 Å². The first-order chi connectivity index (χ1) is 12.5. The van der Waals surface area contributed by atoms with Crippen LogP contribution in [0.4, 0.5) is 11.4 Å². The van der Waals surface area contributed by atoms with Gasteiger partial charge < -0.3 is 9.64 Å². The molecule has 134 valence electrons. The third-order valence-electron chi connectivity index (χ3n) is 4.12. The number of rotatable bonds is 5. The van der Waals surface area contributed by atoms with E-state index in [0.29, 0.717) is 0 Å². The number of ether oxygens (including phenoxy) is 1. The lowest BCUT2D eigenvalue weighted by molar-refractivity contribution is -0.384. The Morgan fingerprint density at radius 1 is 1.15 bits per heavy atom. The zero-order valence-corrected chi connectivity index (χ0v) is 14.7. The van der Waals surface area contributed by atoms with Gasteiger partial charge in [0.05, 0.1) is 18.1 Å². The van der Waals surface area contributed by atoms with Crippen molar-refractivity contribution in [3.05, 3.63) is 74.8 Å². The molecule has 2 aromatic rings. The molecule has 6 nitrogen and oxygen atoms in total. The molecule has 26 heavy (non-hydrogen) atoms. The number of ketones is 1. The van der Waals surface area contributed by atoms with Crippen LogP contribution in [0.1, 0.15) is 15.9 Å². The second kappa shape index (κ2) is 8.12. The highest BCUT2D eigenvalue weighted by Gasteiger charge is 2.15. The van der Waals surface area contributed by atoms with Crippen molar-refractivity contribution in [2.45, 2.75) is 0 Å². The first-order valence-corrected chi connectivity index (χ1v) is 8.51. The number of nitrogens with zero attached hydrogens (tertiary/aromatic N) is 2. The molecule has 0 aromatic heterocycles. The van der Waals surface area contributed by atoms with Crippen molar-refractivity contribution < 1.29 is 14.5 Å². The van der Waals surface area contributed by atoms with Crippen LogP contribution >= 0.6 is 11.6 Å². The highest BCUT2D eigenvalue weighted by atomic mass is 35.5. The van der Waals surface area contributed by atoms with Gasteiger partial charge in [0.2, 0.25) is 0 Å². The predicted octanol–water partition coefficient (Wildman–Crippen LogP) is 3.98. The van der Waals surface area contributed by atoms with Crippen molar-refractivity contribution >= 4 is 34.8 Å². The van der Waals surface area contributed by atoms with Gasteiger partial charge in [-0.25, -0.2) is 0 Å². The van der Waals surface area contributed by atoms with Gasteiger partial charge in [-0.3, -0.25) is 14.9 Å². The Kier molecular flexibility index (Phi) is 5.65. The summed E-state index contributed by atoms with van der Waals surface area (Å²) in [6.07, 6.45) is 3.09. The zero-order valence-electron chi connectivity index (χ0n) is 13.9. The number of anilines is 1. The van der Waals surface area contributed by atoms with Crippen molar-refractivity contribution in [2.24, 2.45) is 0 Å². The van der Waals surface area contributed by atoms with Crippen LogP contribution in [0.15, 0.2) is 48.5 Å². The van der Waals surface area contributed by atoms with E-state index in [0.717, 1.165) is 37.6 Å². The Morgan fingerprint density at radius 2 is 1.85 bits per heavy atom. The van der Waals surface area contributed by atoms with Gasteiger partial charge in [-0.15, -0.1) is 0 Å². The molecule has 2 aromatic carbocycles. The monoisotopic (exact) mass is 372 g/mol. The first-order valence-electron chi connectivity index (χ1n) is 8.14. The molecule has 0 bridgehead atoms. The Balaban J connectivity index is 1.70. The quantitative estimate of drug-likeness (QED) is 0.343. The van der Waals surface area contributed by atoms with Crippen LogP contribution in [0.25, 0.3) is 6.08 Å². The van der Waals surface area contributed by atoms with Crippen molar-refractivity contribution in [1.29, 1.82) is 0 Å². The number of halogens is 1. The topological polar surface area (TPSA) is 72.7 Å². The fourth-order valence-electron chi connectivity index (χ4n) is 2.69. The van der Waals surface area contributed by atoms with Crippen LogP contribution in [0.5, 0.6) is 0 Å². The summed E-state index contributed by atoms with van der Waals surface area (Å²) in [5.74, 6) is -0.318. The summed E-state index contributed by atoms with van der Waals surface area (Å²) in [4.78, 5) is 24.8. The van der Waals surface area contributed by atoms with Crippen molar-refractivity contribution in [3.63, 3.8) is 0 Å². The van der Waals surface area contributed by atoms with Crippen LogP contribution in [0, 0.1) is 10.1 Å². The summed E-state index contributed by atoms with van der Waals surface area (Å²) in [5, 5.41) is 10.9. The molecule has 0 amide bonds. The molecule has 0 N–H and O–H groups in total. The third kappa shape index (κ3) is 4.28. The standard InChI is InChI=1S/C19H17ClN2O4/c20-17-7-4-15(13-18(17)22(24)25)19(23)8-3-14-1-5-16(6-2-14)21-9-11-26-12-10-21/h1-8,13H,9-12H2/b8-3+. The van der Waals surface area contributed by atoms with E-state index in [9.17, 15) is 14.9 Å². The molecule has 0 radical (unpaired) electrons. The van der Waals surface area contributed by atoms with Crippen LogP contribution in [-0.2, 0) is 4.74 Å². The second-order valence-corrected chi connectivity index (χ2v) is 6.22. The van der Waals surface area contributed by atoms with Gasteiger partial charge in [0.25, 0.3) is 5.69 Å². The Hall–Kier alpha value is -2.70. The van der Waals surface area contributed by atoms with Crippen LogP contribution in [0.2, 0.25) is 5.02 Å². The number of hydrogen-bond acceptors (Lipinski definition) is 5. The minimum Gasteiger partial charge on any atom is -0.378 e. The number of hydrogen-bond donors (Lipinski definition) is 0. The molecule has 0 saturated carbocycles. The van der Waals surface area contributed by atoms with E-state index in [1.165, 1.54) is 24.3 Å². The number of morpholine rings is 1. The van der Waals surface area contributed by atoms with E-state index in [1.54, 1.807) is 6.08 Å². The molecule has 1 aliphatic rings.